The van der Waals surface area contributed by atoms with Crippen LogP contribution in [0.15, 0.2) is 29.2 Å². The predicted octanol–water partition coefficient (Wildman–Crippen LogP) is 3.49. The third kappa shape index (κ3) is 4.93. The van der Waals surface area contributed by atoms with E-state index in [1.54, 1.807) is 12.2 Å². The van der Waals surface area contributed by atoms with E-state index in [1.807, 2.05) is 41.5 Å². The summed E-state index contributed by atoms with van der Waals surface area (Å²) in [6.07, 6.45) is 3.74. The third-order valence-electron chi connectivity index (χ3n) is 2.16. The summed E-state index contributed by atoms with van der Waals surface area (Å²) in [5.41, 5.74) is 0.556. The average Bonchev–Trinajstić information content (AvgIpc) is 2.22. The maximum atomic E-state index is 5.98. The van der Waals surface area contributed by atoms with Gasteiger partial charge in [-0.25, -0.2) is 6.58 Å². The Morgan fingerprint density at radius 2 is 1.37 bits per heavy atom. The molecule has 0 spiro atoms. The van der Waals surface area contributed by atoms with Crippen molar-refractivity contribution in [1.29, 1.82) is 0 Å². The Labute approximate surface area is 116 Å². The van der Waals surface area contributed by atoms with Gasteiger partial charge in [0.05, 0.1) is 12.2 Å². The van der Waals surface area contributed by atoms with Gasteiger partial charge in [0.25, 0.3) is 6.10 Å². The summed E-state index contributed by atoms with van der Waals surface area (Å²) in [5, 5.41) is 0. The Kier molecular flexibility index (Phi) is 5.40. The highest BCUT2D eigenvalue weighted by molar-refractivity contribution is 6.07. The third-order valence-corrected chi connectivity index (χ3v) is 2.16. The molecule has 0 unspecified atom stereocenters. The van der Waals surface area contributed by atoms with Crippen LogP contribution in [0.4, 0.5) is 0 Å². The van der Waals surface area contributed by atoms with Crippen LogP contribution < -0.4 is 0 Å². The van der Waals surface area contributed by atoms with Crippen LogP contribution in [0, 0.1) is 6.58 Å². The fourth-order valence-electron chi connectivity index (χ4n) is 1.61. The lowest BCUT2D eigenvalue weighted by molar-refractivity contribution is -0.492. The molecule has 0 N–H and O–H groups in total. The second-order valence-electron chi connectivity index (χ2n) is 5.34. The molecule has 0 bridgehead atoms. The van der Waals surface area contributed by atoms with Gasteiger partial charge in [0.15, 0.2) is 0 Å². The monoisotopic (exact) mass is 264 g/mol. The highest BCUT2D eigenvalue weighted by Gasteiger charge is 2.19. The lowest BCUT2D eigenvalue weighted by Crippen LogP contribution is -2.18. The molecule has 0 aromatic rings. The first-order chi connectivity index (χ1) is 8.79. The highest BCUT2D eigenvalue weighted by atomic mass is 16.5. The second-order valence-corrected chi connectivity index (χ2v) is 5.34. The van der Waals surface area contributed by atoms with Crippen LogP contribution in [-0.4, -0.2) is 24.1 Å². The fourth-order valence-corrected chi connectivity index (χ4v) is 1.61. The van der Waals surface area contributed by atoms with Gasteiger partial charge in [-0.15, -0.1) is 6.08 Å². The molecule has 0 amide bonds. The fraction of sp³-hybridized carbons (Fsp3) is 0.562. The first-order valence-electron chi connectivity index (χ1n) is 6.73. The quantitative estimate of drug-likeness (QED) is 0.432. The largest absolute Gasteiger partial charge is 0.500 e. The SMILES string of the molecule is [CH-]=C1C=C(OC(C)C)C(OC(C)C)=CC1=[O+]C(C)C. The Hall–Kier alpha value is -1.51. The maximum absolute atomic E-state index is 5.98. The molecule has 0 saturated heterocycles. The van der Waals surface area contributed by atoms with E-state index >= 15 is 0 Å². The maximum Gasteiger partial charge on any atom is 0.251 e. The van der Waals surface area contributed by atoms with Crippen molar-refractivity contribution in [2.24, 2.45) is 0 Å². The van der Waals surface area contributed by atoms with Crippen LogP contribution in [0.1, 0.15) is 41.5 Å². The second kappa shape index (κ2) is 6.60. The zero-order valence-electron chi connectivity index (χ0n) is 12.7. The number of hydrogen-bond acceptors (Lipinski definition) is 2. The van der Waals surface area contributed by atoms with E-state index < -0.39 is 0 Å². The molecule has 0 aromatic heterocycles. The van der Waals surface area contributed by atoms with Gasteiger partial charge in [-0.05, 0) is 27.7 Å². The van der Waals surface area contributed by atoms with Crippen molar-refractivity contribution < 1.29 is 13.9 Å². The topological polar surface area (TPSA) is 29.8 Å². The molecule has 0 heterocycles. The van der Waals surface area contributed by atoms with Crippen molar-refractivity contribution in [2.45, 2.75) is 59.9 Å². The predicted molar refractivity (Wildman–Crippen MR) is 76.6 cm³/mol. The van der Waals surface area contributed by atoms with Crippen molar-refractivity contribution >= 4 is 5.78 Å². The van der Waals surface area contributed by atoms with E-state index in [2.05, 4.69) is 0 Å². The molecule has 19 heavy (non-hydrogen) atoms. The van der Waals surface area contributed by atoms with Gasteiger partial charge in [0.2, 0.25) is 5.78 Å². The lowest BCUT2D eigenvalue weighted by atomic mass is 10.1. The summed E-state index contributed by atoms with van der Waals surface area (Å²) in [6, 6.07) is 0. The van der Waals surface area contributed by atoms with Gasteiger partial charge in [-0.1, -0.05) is 5.57 Å². The number of rotatable bonds is 5. The van der Waals surface area contributed by atoms with Gasteiger partial charge in [-0.2, -0.15) is 0 Å². The van der Waals surface area contributed by atoms with Crippen molar-refractivity contribution in [3.63, 3.8) is 0 Å². The minimum Gasteiger partial charge on any atom is -0.500 e. The number of ether oxygens (including phenoxy) is 2. The van der Waals surface area contributed by atoms with Gasteiger partial charge in [0.1, 0.15) is 11.5 Å². The first-order valence-corrected chi connectivity index (χ1v) is 6.73. The zero-order valence-corrected chi connectivity index (χ0v) is 12.7. The van der Waals surface area contributed by atoms with E-state index in [1.165, 1.54) is 0 Å². The molecule has 0 fully saturated rings. The molecule has 0 atom stereocenters. The number of ketones is 1. The molecular weight excluding hydrogens is 240 g/mol. The van der Waals surface area contributed by atoms with E-state index in [4.69, 9.17) is 20.5 Å². The summed E-state index contributed by atoms with van der Waals surface area (Å²) >= 11 is 0. The average molecular weight is 264 g/mol. The number of allylic oxidation sites excluding steroid dienone is 3. The van der Waals surface area contributed by atoms with Crippen LogP contribution >= 0.6 is 0 Å². The molecular formula is C16H24O3. The summed E-state index contributed by atoms with van der Waals surface area (Å²) in [7, 11) is 0. The molecule has 106 valence electrons. The highest BCUT2D eigenvalue weighted by Crippen LogP contribution is 2.24. The van der Waals surface area contributed by atoms with Crippen LogP contribution in [0.5, 0.6) is 0 Å². The van der Waals surface area contributed by atoms with Gasteiger partial charge < -0.3 is 13.9 Å². The van der Waals surface area contributed by atoms with E-state index in [9.17, 15) is 0 Å². The van der Waals surface area contributed by atoms with E-state index in [0.29, 0.717) is 22.9 Å². The van der Waals surface area contributed by atoms with Crippen molar-refractivity contribution in [1.82, 2.24) is 0 Å². The molecule has 0 radical (unpaired) electrons. The van der Waals surface area contributed by atoms with Crippen molar-refractivity contribution in [3.8, 4) is 0 Å². The standard InChI is InChI=1S/C16H24O3/c1-10(2)17-14-9-16(19-12(5)6)15(8-13(14)7)18-11(3)4/h7-12H,1-6H3. The molecule has 1 rings (SSSR count). The lowest BCUT2D eigenvalue weighted by Gasteiger charge is -2.24. The van der Waals surface area contributed by atoms with Gasteiger partial charge >= 0.3 is 0 Å². The Bertz CT molecular complexity index is 423. The minimum atomic E-state index is 0.0602. The Morgan fingerprint density at radius 1 is 0.895 bits per heavy atom. The first kappa shape index (κ1) is 15.5. The molecule has 3 nitrogen and oxygen atoms in total. The summed E-state index contributed by atoms with van der Waals surface area (Å²) in [5.74, 6) is 1.94. The molecule has 1 aliphatic carbocycles. The van der Waals surface area contributed by atoms with Gasteiger partial charge in [0, 0.05) is 19.9 Å². The van der Waals surface area contributed by atoms with Crippen molar-refractivity contribution in [3.05, 3.63) is 35.8 Å². The number of carbonyl (C=O) groups excluding carboxylic acids is 1. The van der Waals surface area contributed by atoms with Crippen molar-refractivity contribution in [2.75, 3.05) is 0 Å². The van der Waals surface area contributed by atoms with Crippen LogP contribution in [-0.2, 0) is 13.9 Å². The van der Waals surface area contributed by atoms with Crippen LogP contribution in [0.25, 0.3) is 0 Å². The Balaban J connectivity index is 3.06. The molecule has 1 aliphatic rings. The molecule has 3 heteroatoms. The molecule has 0 aliphatic heterocycles. The summed E-state index contributed by atoms with van der Waals surface area (Å²) in [6.45, 7) is 17.8. The van der Waals surface area contributed by atoms with E-state index in [-0.39, 0.29) is 18.3 Å². The van der Waals surface area contributed by atoms with Crippen LogP contribution in [0.2, 0.25) is 0 Å². The van der Waals surface area contributed by atoms with Crippen LogP contribution in [0.3, 0.4) is 0 Å². The number of hydrogen-bond donors (Lipinski definition) is 0. The zero-order chi connectivity index (χ0) is 14.6. The normalized spacial score (nSPS) is 18.2. The molecule has 0 aromatic carbocycles. The minimum absolute atomic E-state index is 0.0602. The Morgan fingerprint density at radius 3 is 1.79 bits per heavy atom. The smallest absolute Gasteiger partial charge is 0.251 e. The van der Waals surface area contributed by atoms with Gasteiger partial charge in [-0.3, -0.25) is 0 Å². The summed E-state index contributed by atoms with van der Waals surface area (Å²) < 4.78 is 17.2. The summed E-state index contributed by atoms with van der Waals surface area (Å²) in [4.78, 5) is 0. The molecule has 0 saturated carbocycles. The van der Waals surface area contributed by atoms with E-state index in [0.717, 1.165) is 0 Å².